The van der Waals surface area contributed by atoms with Crippen molar-refractivity contribution in [1.82, 2.24) is 9.80 Å². The van der Waals surface area contributed by atoms with Gasteiger partial charge in [0.1, 0.15) is 6.54 Å². The molecule has 1 heterocycles. The molecule has 1 unspecified atom stereocenters. The van der Waals surface area contributed by atoms with Crippen molar-refractivity contribution >= 4 is 11.9 Å². The van der Waals surface area contributed by atoms with Gasteiger partial charge >= 0.3 is 0 Å². The summed E-state index contributed by atoms with van der Waals surface area (Å²) in [4.78, 5) is 20.0. The molecule has 1 aromatic rings. The number of guanidine groups is 1. The Morgan fingerprint density at radius 2 is 2.18 bits per heavy atom. The molecule has 22 heavy (non-hydrogen) atoms. The maximum atomic E-state index is 12.1. The first-order valence-corrected chi connectivity index (χ1v) is 7.50. The van der Waals surface area contributed by atoms with Gasteiger partial charge in [0.2, 0.25) is 5.91 Å². The summed E-state index contributed by atoms with van der Waals surface area (Å²) in [7, 11) is 1.78. The van der Waals surface area contributed by atoms with E-state index in [0.717, 1.165) is 5.56 Å². The predicted molar refractivity (Wildman–Crippen MR) is 86.4 cm³/mol. The van der Waals surface area contributed by atoms with Crippen LogP contribution >= 0.6 is 0 Å². The minimum atomic E-state index is -0.0480. The second-order valence-corrected chi connectivity index (χ2v) is 5.54. The van der Waals surface area contributed by atoms with E-state index in [-0.39, 0.29) is 18.6 Å². The molecule has 2 rings (SSSR count). The van der Waals surface area contributed by atoms with Crippen molar-refractivity contribution in [2.45, 2.75) is 19.6 Å². The Kier molecular flexibility index (Phi) is 5.77. The number of amides is 1. The summed E-state index contributed by atoms with van der Waals surface area (Å²) in [6.45, 7) is 4.71. The SMILES string of the molecule is CC1CN(C(N)=NCC(=O)N(C)Cc2ccccc2)CCO1. The lowest BCUT2D eigenvalue weighted by Gasteiger charge is -2.31. The Bertz CT molecular complexity index is 518. The maximum Gasteiger partial charge on any atom is 0.244 e. The van der Waals surface area contributed by atoms with Gasteiger partial charge in [0.05, 0.1) is 12.7 Å². The Morgan fingerprint density at radius 1 is 1.45 bits per heavy atom. The number of carbonyl (C=O) groups excluding carboxylic acids is 1. The van der Waals surface area contributed by atoms with Gasteiger partial charge in [-0.1, -0.05) is 30.3 Å². The normalized spacial score (nSPS) is 19.1. The summed E-state index contributed by atoms with van der Waals surface area (Å²) in [5, 5.41) is 0. The highest BCUT2D eigenvalue weighted by Gasteiger charge is 2.18. The number of hydrogen-bond donors (Lipinski definition) is 1. The third-order valence-electron chi connectivity index (χ3n) is 3.63. The highest BCUT2D eigenvalue weighted by Crippen LogP contribution is 2.05. The summed E-state index contributed by atoms with van der Waals surface area (Å²) < 4.78 is 5.46. The molecule has 1 aliphatic heterocycles. The standard InChI is InChI=1S/C16H24N4O2/c1-13-11-20(8-9-22-13)16(17)18-10-15(21)19(2)12-14-6-4-3-5-7-14/h3-7,13H,8-12H2,1-2H3,(H2,17,18). The van der Waals surface area contributed by atoms with Gasteiger partial charge in [-0.25, -0.2) is 4.99 Å². The minimum absolute atomic E-state index is 0.0480. The topological polar surface area (TPSA) is 71.2 Å². The zero-order chi connectivity index (χ0) is 15.9. The zero-order valence-corrected chi connectivity index (χ0v) is 13.2. The number of ether oxygens (including phenoxy) is 1. The van der Waals surface area contributed by atoms with E-state index in [4.69, 9.17) is 10.5 Å². The van der Waals surface area contributed by atoms with E-state index in [2.05, 4.69) is 4.99 Å². The zero-order valence-electron chi connectivity index (χ0n) is 13.2. The summed E-state index contributed by atoms with van der Waals surface area (Å²) in [6.07, 6.45) is 0.138. The number of nitrogens with zero attached hydrogens (tertiary/aromatic N) is 3. The third kappa shape index (κ3) is 4.73. The molecule has 1 atom stereocenters. The number of hydrogen-bond acceptors (Lipinski definition) is 3. The number of rotatable bonds is 4. The van der Waals surface area contributed by atoms with Crippen molar-refractivity contribution in [3.05, 3.63) is 35.9 Å². The number of nitrogens with two attached hydrogens (primary N) is 1. The van der Waals surface area contributed by atoms with E-state index in [1.807, 2.05) is 42.2 Å². The van der Waals surface area contributed by atoms with Crippen molar-refractivity contribution < 1.29 is 9.53 Å². The first kappa shape index (κ1) is 16.3. The number of aliphatic imine (C=N–C) groups is 1. The van der Waals surface area contributed by atoms with Crippen LogP contribution in [-0.4, -0.2) is 61.1 Å². The second kappa shape index (κ2) is 7.79. The molecular formula is C16H24N4O2. The number of likely N-dealkylation sites (N-methyl/N-ethyl adjacent to an activating group) is 1. The number of morpholine rings is 1. The van der Waals surface area contributed by atoms with Crippen LogP contribution in [0.4, 0.5) is 0 Å². The van der Waals surface area contributed by atoms with Gasteiger partial charge in [0, 0.05) is 26.7 Å². The highest BCUT2D eigenvalue weighted by atomic mass is 16.5. The van der Waals surface area contributed by atoms with E-state index in [0.29, 0.717) is 32.2 Å². The molecule has 0 radical (unpaired) electrons. The van der Waals surface area contributed by atoms with Crippen LogP contribution in [-0.2, 0) is 16.1 Å². The van der Waals surface area contributed by atoms with E-state index in [1.165, 1.54) is 0 Å². The Balaban J connectivity index is 1.84. The van der Waals surface area contributed by atoms with Crippen LogP contribution in [0.2, 0.25) is 0 Å². The average Bonchev–Trinajstić information content (AvgIpc) is 2.53. The molecule has 0 aromatic heterocycles. The Hall–Kier alpha value is -2.08. The summed E-state index contributed by atoms with van der Waals surface area (Å²) in [6, 6.07) is 9.87. The smallest absolute Gasteiger partial charge is 0.244 e. The van der Waals surface area contributed by atoms with Crippen LogP contribution in [0.15, 0.2) is 35.3 Å². The molecule has 1 amide bonds. The third-order valence-corrected chi connectivity index (χ3v) is 3.63. The molecule has 0 saturated carbocycles. The van der Waals surface area contributed by atoms with Crippen molar-refractivity contribution in [3.63, 3.8) is 0 Å². The van der Waals surface area contributed by atoms with Gasteiger partial charge in [-0.05, 0) is 12.5 Å². The molecule has 6 heteroatoms. The monoisotopic (exact) mass is 304 g/mol. The first-order valence-electron chi connectivity index (χ1n) is 7.50. The van der Waals surface area contributed by atoms with Crippen LogP contribution in [0.3, 0.4) is 0 Å². The molecule has 120 valence electrons. The van der Waals surface area contributed by atoms with E-state index in [9.17, 15) is 4.79 Å². The fraction of sp³-hybridized carbons (Fsp3) is 0.500. The van der Waals surface area contributed by atoms with Gasteiger partial charge in [-0.3, -0.25) is 4.79 Å². The fourth-order valence-corrected chi connectivity index (χ4v) is 2.34. The molecule has 0 aliphatic carbocycles. The average molecular weight is 304 g/mol. The summed E-state index contributed by atoms with van der Waals surface area (Å²) in [5.74, 6) is 0.365. The molecule has 1 aliphatic rings. The lowest BCUT2D eigenvalue weighted by molar-refractivity contribution is -0.128. The van der Waals surface area contributed by atoms with E-state index < -0.39 is 0 Å². The number of benzene rings is 1. The van der Waals surface area contributed by atoms with Crippen LogP contribution in [0.5, 0.6) is 0 Å². The molecule has 1 aromatic carbocycles. The van der Waals surface area contributed by atoms with Gasteiger partial charge in [0.25, 0.3) is 0 Å². The van der Waals surface area contributed by atoms with Crippen molar-refractivity contribution in [2.24, 2.45) is 10.7 Å². The lowest BCUT2D eigenvalue weighted by Crippen LogP contribution is -2.48. The van der Waals surface area contributed by atoms with E-state index in [1.54, 1.807) is 11.9 Å². The van der Waals surface area contributed by atoms with Crippen molar-refractivity contribution in [3.8, 4) is 0 Å². The first-order chi connectivity index (χ1) is 10.6. The molecule has 2 N–H and O–H groups in total. The van der Waals surface area contributed by atoms with Crippen molar-refractivity contribution in [1.29, 1.82) is 0 Å². The minimum Gasteiger partial charge on any atom is -0.375 e. The summed E-state index contributed by atoms with van der Waals surface area (Å²) in [5.41, 5.74) is 7.06. The van der Waals surface area contributed by atoms with Crippen LogP contribution in [0.1, 0.15) is 12.5 Å². The highest BCUT2D eigenvalue weighted by molar-refractivity contribution is 5.84. The second-order valence-electron chi connectivity index (χ2n) is 5.54. The quantitative estimate of drug-likeness (QED) is 0.656. The molecule has 6 nitrogen and oxygen atoms in total. The molecule has 1 saturated heterocycles. The molecule has 1 fully saturated rings. The lowest BCUT2D eigenvalue weighted by atomic mass is 10.2. The van der Waals surface area contributed by atoms with Crippen LogP contribution < -0.4 is 5.73 Å². The Morgan fingerprint density at radius 3 is 2.86 bits per heavy atom. The van der Waals surface area contributed by atoms with Gasteiger partial charge < -0.3 is 20.3 Å². The molecule has 0 spiro atoms. The van der Waals surface area contributed by atoms with Gasteiger partial charge in [0.15, 0.2) is 5.96 Å². The maximum absolute atomic E-state index is 12.1. The fourth-order valence-electron chi connectivity index (χ4n) is 2.34. The Labute approximate surface area is 131 Å². The van der Waals surface area contributed by atoms with Crippen molar-refractivity contribution in [2.75, 3.05) is 33.3 Å². The van der Waals surface area contributed by atoms with E-state index >= 15 is 0 Å². The van der Waals surface area contributed by atoms with Gasteiger partial charge in [-0.15, -0.1) is 0 Å². The largest absolute Gasteiger partial charge is 0.375 e. The number of carbonyl (C=O) groups is 1. The summed E-state index contributed by atoms with van der Waals surface area (Å²) >= 11 is 0. The van der Waals surface area contributed by atoms with Crippen LogP contribution in [0, 0.1) is 0 Å². The van der Waals surface area contributed by atoms with Gasteiger partial charge in [-0.2, -0.15) is 0 Å². The predicted octanol–water partition coefficient (Wildman–Crippen LogP) is 0.680. The van der Waals surface area contributed by atoms with Crippen LogP contribution in [0.25, 0.3) is 0 Å². The molecule has 0 bridgehead atoms. The molecular weight excluding hydrogens is 280 g/mol.